The third-order valence-electron chi connectivity index (χ3n) is 3.68. The standard InChI is InChI=1S/C13H16N2O2/c1-2-9-12-11(16)7-10(8-5-3-4-6-8)14-13(12)17-15-9/h7-8H,2-6H2,1H3,(H,14,16). The summed E-state index contributed by atoms with van der Waals surface area (Å²) in [7, 11) is 0. The summed E-state index contributed by atoms with van der Waals surface area (Å²) in [5, 5.41) is 4.56. The molecule has 2 aromatic heterocycles. The van der Waals surface area contributed by atoms with Gasteiger partial charge in [-0.05, 0) is 25.2 Å². The largest absolute Gasteiger partial charge is 0.337 e. The highest BCUT2D eigenvalue weighted by atomic mass is 16.5. The van der Waals surface area contributed by atoms with Crippen LogP contribution in [0.5, 0.6) is 0 Å². The highest BCUT2D eigenvalue weighted by molar-refractivity contribution is 5.75. The lowest BCUT2D eigenvalue weighted by Gasteiger charge is -2.08. The van der Waals surface area contributed by atoms with E-state index in [1.165, 1.54) is 12.8 Å². The summed E-state index contributed by atoms with van der Waals surface area (Å²) in [6.45, 7) is 1.97. The maximum absolute atomic E-state index is 12.1. The molecular formula is C13H16N2O2. The van der Waals surface area contributed by atoms with E-state index in [-0.39, 0.29) is 5.43 Å². The van der Waals surface area contributed by atoms with Gasteiger partial charge in [-0.3, -0.25) is 4.79 Å². The Morgan fingerprint density at radius 1 is 1.47 bits per heavy atom. The molecule has 4 nitrogen and oxygen atoms in total. The molecule has 0 atom stereocenters. The van der Waals surface area contributed by atoms with Crippen molar-refractivity contribution in [2.45, 2.75) is 44.9 Å². The molecule has 1 fully saturated rings. The molecule has 0 aliphatic heterocycles. The number of hydrogen-bond donors (Lipinski definition) is 1. The molecule has 0 saturated heterocycles. The van der Waals surface area contributed by atoms with Gasteiger partial charge in [0.2, 0.25) is 5.71 Å². The van der Waals surface area contributed by atoms with Crippen molar-refractivity contribution in [3.63, 3.8) is 0 Å². The van der Waals surface area contributed by atoms with Gasteiger partial charge in [0, 0.05) is 11.8 Å². The monoisotopic (exact) mass is 232 g/mol. The number of hydrogen-bond acceptors (Lipinski definition) is 3. The van der Waals surface area contributed by atoms with Crippen LogP contribution < -0.4 is 5.43 Å². The average Bonchev–Trinajstić information content (AvgIpc) is 2.97. The molecular weight excluding hydrogens is 216 g/mol. The van der Waals surface area contributed by atoms with Gasteiger partial charge in [-0.1, -0.05) is 24.9 Å². The molecule has 0 bridgehead atoms. The van der Waals surface area contributed by atoms with E-state index in [0.717, 1.165) is 30.7 Å². The molecule has 4 heteroatoms. The van der Waals surface area contributed by atoms with Gasteiger partial charge in [-0.25, -0.2) is 0 Å². The second-order valence-corrected chi connectivity index (χ2v) is 4.76. The van der Waals surface area contributed by atoms with Gasteiger partial charge in [0.15, 0.2) is 5.43 Å². The summed E-state index contributed by atoms with van der Waals surface area (Å²) in [4.78, 5) is 15.3. The van der Waals surface area contributed by atoms with Crippen molar-refractivity contribution in [3.05, 3.63) is 27.7 Å². The first kappa shape index (κ1) is 10.6. The lowest BCUT2D eigenvalue weighted by Crippen LogP contribution is -2.07. The third-order valence-corrected chi connectivity index (χ3v) is 3.68. The minimum atomic E-state index is 0.0405. The fourth-order valence-electron chi connectivity index (χ4n) is 2.74. The molecule has 2 aromatic rings. The van der Waals surface area contributed by atoms with Gasteiger partial charge in [0.25, 0.3) is 0 Å². The predicted molar refractivity (Wildman–Crippen MR) is 65.2 cm³/mol. The number of aryl methyl sites for hydroxylation is 1. The molecule has 1 aliphatic rings. The average molecular weight is 232 g/mol. The normalized spacial score (nSPS) is 17.0. The molecule has 0 radical (unpaired) electrons. The zero-order chi connectivity index (χ0) is 11.8. The molecule has 0 aromatic carbocycles. The Morgan fingerprint density at radius 3 is 2.94 bits per heavy atom. The van der Waals surface area contributed by atoms with Gasteiger partial charge in [-0.15, -0.1) is 0 Å². The molecule has 17 heavy (non-hydrogen) atoms. The number of nitrogens with one attached hydrogen (secondary N) is 1. The second-order valence-electron chi connectivity index (χ2n) is 4.76. The van der Waals surface area contributed by atoms with Gasteiger partial charge >= 0.3 is 0 Å². The zero-order valence-corrected chi connectivity index (χ0v) is 9.95. The topological polar surface area (TPSA) is 58.9 Å². The Labute approximate surface area is 99.0 Å². The van der Waals surface area contributed by atoms with Crippen LogP contribution in [-0.2, 0) is 6.42 Å². The van der Waals surface area contributed by atoms with E-state index in [2.05, 4.69) is 10.1 Å². The zero-order valence-electron chi connectivity index (χ0n) is 9.95. The van der Waals surface area contributed by atoms with Crippen LogP contribution in [-0.4, -0.2) is 10.1 Å². The Hall–Kier alpha value is -1.58. The number of pyridine rings is 1. The minimum Gasteiger partial charge on any atom is -0.337 e. The minimum absolute atomic E-state index is 0.0405. The molecule has 90 valence electrons. The van der Waals surface area contributed by atoms with Crippen molar-refractivity contribution in [3.8, 4) is 0 Å². The highest BCUT2D eigenvalue weighted by Crippen LogP contribution is 2.33. The van der Waals surface area contributed by atoms with Crippen LogP contribution in [0.3, 0.4) is 0 Å². The van der Waals surface area contributed by atoms with Gasteiger partial charge in [0.05, 0.1) is 5.69 Å². The van der Waals surface area contributed by atoms with E-state index in [1.807, 2.05) is 6.92 Å². The molecule has 2 heterocycles. The van der Waals surface area contributed by atoms with Crippen molar-refractivity contribution in [2.75, 3.05) is 0 Å². The van der Waals surface area contributed by atoms with Crippen molar-refractivity contribution in [1.82, 2.24) is 10.1 Å². The molecule has 1 aliphatic carbocycles. The van der Waals surface area contributed by atoms with Crippen LogP contribution in [0.2, 0.25) is 0 Å². The SMILES string of the molecule is CCc1noc2[nH]c(C3CCCC3)cc(=O)c12. The lowest BCUT2D eigenvalue weighted by atomic mass is 10.0. The van der Waals surface area contributed by atoms with E-state index >= 15 is 0 Å². The fraction of sp³-hybridized carbons (Fsp3) is 0.538. The molecule has 1 N–H and O–H groups in total. The number of fused-ring (bicyclic) bond motifs is 1. The Balaban J connectivity index is 2.14. The Morgan fingerprint density at radius 2 is 2.24 bits per heavy atom. The number of aromatic amines is 1. The Bertz CT molecular complexity index is 591. The summed E-state index contributed by atoms with van der Waals surface area (Å²) in [6.07, 6.45) is 5.55. The summed E-state index contributed by atoms with van der Waals surface area (Å²) in [6, 6.07) is 1.73. The highest BCUT2D eigenvalue weighted by Gasteiger charge is 2.20. The van der Waals surface area contributed by atoms with Crippen molar-refractivity contribution in [2.24, 2.45) is 0 Å². The lowest BCUT2D eigenvalue weighted by molar-refractivity contribution is 0.438. The second kappa shape index (κ2) is 4.02. The predicted octanol–water partition coefficient (Wildman–Crippen LogP) is 2.74. The Kier molecular flexibility index (Phi) is 2.50. The molecule has 3 rings (SSSR count). The van der Waals surface area contributed by atoms with Crippen molar-refractivity contribution < 1.29 is 4.52 Å². The third kappa shape index (κ3) is 1.68. The van der Waals surface area contributed by atoms with Gasteiger partial charge in [0.1, 0.15) is 5.39 Å². The van der Waals surface area contributed by atoms with E-state index in [9.17, 15) is 4.79 Å². The van der Waals surface area contributed by atoms with E-state index in [1.54, 1.807) is 6.07 Å². The summed E-state index contributed by atoms with van der Waals surface area (Å²) < 4.78 is 5.22. The van der Waals surface area contributed by atoms with Crippen LogP contribution in [0, 0.1) is 0 Å². The first-order valence-electron chi connectivity index (χ1n) is 6.31. The van der Waals surface area contributed by atoms with Gasteiger partial charge < -0.3 is 9.51 Å². The first-order chi connectivity index (χ1) is 8.29. The fourth-order valence-corrected chi connectivity index (χ4v) is 2.74. The summed E-state index contributed by atoms with van der Waals surface area (Å²) in [5.41, 5.74) is 2.34. The molecule has 0 amide bonds. The number of aromatic nitrogens is 2. The molecule has 0 spiro atoms. The van der Waals surface area contributed by atoms with Crippen LogP contribution in [0.25, 0.3) is 11.1 Å². The van der Waals surface area contributed by atoms with Crippen LogP contribution in [0.15, 0.2) is 15.4 Å². The number of nitrogens with zero attached hydrogens (tertiary/aromatic N) is 1. The summed E-state index contributed by atoms with van der Waals surface area (Å²) >= 11 is 0. The van der Waals surface area contributed by atoms with E-state index in [4.69, 9.17) is 4.52 Å². The smallest absolute Gasteiger partial charge is 0.240 e. The van der Waals surface area contributed by atoms with Crippen LogP contribution in [0.1, 0.15) is 49.9 Å². The number of H-pyrrole nitrogens is 1. The van der Waals surface area contributed by atoms with E-state index in [0.29, 0.717) is 17.0 Å². The maximum atomic E-state index is 12.1. The molecule has 0 unspecified atom stereocenters. The quantitative estimate of drug-likeness (QED) is 0.866. The van der Waals surface area contributed by atoms with Crippen molar-refractivity contribution >= 4 is 11.1 Å². The van der Waals surface area contributed by atoms with Crippen molar-refractivity contribution in [1.29, 1.82) is 0 Å². The first-order valence-corrected chi connectivity index (χ1v) is 6.31. The molecule has 1 saturated carbocycles. The van der Waals surface area contributed by atoms with Crippen LogP contribution in [0.4, 0.5) is 0 Å². The maximum Gasteiger partial charge on any atom is 0.240 e. The van der Waals surface area contributed by atoms with Crippen LogP contribution >= 0.6 is 0 Å². The number of rotatable bonds is 2. The van der Waals surface area contributed by atoms with Gasteiger partial charge in [-0.2, -0.15) is 0 Å². The summed E-state index contributed by atoms with van der Waals surface area (Å²) in [5.74, 6) is 0.488. The van der Waals surface area contributed by atoms with E-state index < -0.39 is 0 Å².